The summed E-state index contributed by atoms with van der Waals surface area (Å²) in [6.45, 7) is 5.78. The van der Waals surface area contributed by atoms with Crippen LogP contribution in [0.2, 0.25) is 0 Å². The Morgan fingerprint density at radius 3 is 2.43 bits per heavy atom. The van der Waals surface area contributed by atoms with E-state index in [-0.39, 0.29) is 12.0 Å². The van der Waals surface area contributed by atoms with Crippen LogP contribution in [-0.4, -0.2) is 18.3 Å². The minimum atomic E-state index is -0.0991. The molecule has 0 saturated heterocycles. The van der Waals surface area contributed by atoms with Gasteiger partial charge in [-0.3, -0.25) is 0 Å². The highest BCUT2D eigenvalue weighted by Gasteiger charge is 2.15. The molecule has 0 amide bonds. The Kier molecular flexibility index (Phi) is 5.37. The van der Waals surface area contributed by atoms with Crippen molar-refractivity contribution in [2.45, 2.75) is 20.4 Å². The molecule has 0 heterocycles. The first kappa shape index (κ1) is 15.5. The van der Waals surface area contributed by atoms with Gasteiger partial charge in [0, 0.05) is 25.1 Å². The van der Waals surface area contributed by atoms with Crippen LogP contribution in [0.15, 0.2) is 54.6 Å². The van der Waals surface area contributed by atoms with E-state index in [1.807, 2.05) is 62.4 Å². The Bertz CT molecular complexity index is 552. The molecule has 112 valence electrons. The lowest BCUT2D eigenvalue weighted by Gasteiger charge is -2.22. The van der Waals surface area contributed by atoms with E-state index < -0.39 is 0 Å². The minimum absolute atomic E-state index is 0.0991. The first-order valence-electron chi connectivity index (χ1n) is 7.22. The van der Waals surface area contributed by atoms with Gasteiger partial charge in [-0.05, 0) is 29.8 Å². The number of benzene rings is 2. The number of para-hydroxylation sites is 1. The highest BCUT2D eigenvalue weighted by Crippen LogP contribution is 2.21. The molecule has 0 aliphatic rings. The van der Waals surface area contributed by atoms with Gasteiger partial charge in [0.25, 0.3) is 0 Å². The minimum Gasteiger partial charge on any atom is -0.457 e. The largest absolute Gasteiger partial charge is 0.457 e. The molecular weight excluding hydrogens is 262 g/mol. The van der Waals surface area contributed by atoms with Crippen molar-refractivity contribution in [3.63, 3.8) is 0 Å². The van der Waals surface area contributed by atoms with Crippen LogP contribution in [-0.2, 0) is 6.54 Å². The second-order valence-corrected chi connectivity index (χ2v) is 5.99. The smallest absolute Gasteiger partial charge is 0.127 e. The second kappa shape index (κ2) is 7.25. The molecule has 0 aliphatic heterocycles. The molecule has 0 saturated carbocycles. The predicted molar refractivity (Wildman–Crippen MR) is 85.5 cm³/mol. The third kappa shape index (κ3) is 5.21. The average molecular weight is 285 g/mol. The van der Waals surface area contributed by atoms with E-state index >= 15 is 0 Å². The quantitative estimate of drug-likeness (QED) is 0.817. The van der Waals surface area contributed by atoms with Gasteiger partial charge in [0.1, 0.15) is 11.5 Å². The Balaban J connectivity index is 1.92. The molecule has 2 aromatic rings. The Morgan fingerprint density at radius 1 is 1.00 bits per heavy atom. The van der Waals surface area contributed by atoms with E-state index in [9.17, 15) is 5.11 Å². The zero-order chi connectivity index (χ0) is 15.1. The van der Waals surface area contributed by atoms with Gasteiger partial charge in [-0.2, -0.15) is 0 Å². The summed E-state index contributed by atoms with van der Waals surface area (Å²) in [6.07, 6.45) is 0. The van der Waals surface area contributed by atoms with E-state index in [0.717, 1.165) is 30.2 Å². The first-order chi connectivity index (χ1) is 10.1. The van der Waals surface area contributed by atoms with E-state index in [1.54, 1.807) is 0 Å². The van der Waals surface area contributed by atoms with E-state index in [2.05, 4.69) is 11.4 Å². The summed E-state index contributed by atoms with van der Waals surface area (Å²) in [4.78, 5) is 0. The second-order valence-electron chi connectivity index (χ2n) is 5.99. The zero-order valence-corrected chi connectivity index (χ0v) is 12.7. The number of aliphatic hydroxyl groups is 1. The van der Waals surface area contributed by atoms with Crippen molar-refractivity contribution < 1.29 is 9.84 Å². The Labute approximate surface area is 126 Å². The highest BCUT2D eigenvalue weighted by atomic mass is 16.5. The molecule has 0 bridgehead atoms. The summed E-state index contributed by atoms with van der Waals surface area (Å²) < 4.78 is 5.82. The monoisotopic (exact) mass is 285 g/mol. The molecule has 0 aromatic heterocycles. The van der Waals surface area contributed by atoms with Gasteiger partial charge in [-0.15, -0.1) is 0 Å². The molecular formula is C18H23NO2. The van der Waals surface area contributed by atoms with Gasteiger partial charge in [-0.1, -0.05) is 44.2 Å². The van der Waals surface area contributed by atoms with Crippen molar-refractivity contribution in [3.05, 3.63) is 60.2 Å². The zero-order valence-electron chi connectivity index (χ0n) is 12.7. The first-order valence-corrected chi connectivity index (χ1v) is 7.22. The van der Waals surface area contributed by atoms with Gasteiger partial charge in [-0.25, -0.2) is 0 Å². The lowest BCUT2D eigenvalue weighted by Crippen LogP contribution is -2.31. The van der Waals surface area contributed by atoms with E-state index in [1.165, 1.54) is 0 Å². The maximum Gasteiger partial charge on any atom is 0.127 e. The third-order valence-corrected chi connectivity index (χ3v) is 3.24. The summed E-state index contributed by atoms with van der Waals surface area (Å²) in [5.74, 6) is 1.67. The van der Waals surface area contributed by atoms with Gasteiger partial charge in [0.05, 0.1) is 0 Å². The van der Waals surface area contributed by atoms with Crippen molar-refractivity contribution in [3.8, 4) is 11.5 Å². The number of hydrogen-bond acceptors (Lipinski definition) is 3. The fourth-order valence-electron chi connectivity index (χ4n) is 1.94. The number of aliphatic hydroxyl groups excluding tert-OH is 1. The van der Waals surface area contributed by atoms with Crippen molar-refractivity contribution in [1.82, 2.24) is 5.32 Å². The standard InChI is InChI=1S/C18H23NO2/c1-18(2,14-20)13-19-12-15-7-6-10-17(11-15)21-16-8-4-3-5-9-16/h3-11,19-20H,12-14H2,1-2H3. The third-order valence-electron chi connectivity index (χ3n) is 3.24. The van der Waals surface area contributed by atoms with Crippen LogP contribution in [0.25, 0.3) is 0 Å². The van der Waals surface area contributed by atoms with Gasteiger partial charge >= 0.3 is 0 Å². The average Bonchev–Trinajstić information content (AvgIpc) is 2.48. The van der Waals surface area contributed by atoms with Crippen LogP contribution in [0.3, 0.4) is 0 Å². The summed E-state index contributed by atoms with van der Waals surface area (Å²) in [7, 11) is 0. The van der Waals surface area contributed by atoms with Crippen LogP contribution < -0.4 is 10.1 Å². The molecule has 3 heteroatoms. The number of hydrogen-bond donors (Lipinski definition) is 2. The molecule has 2 N–H and O–H groups in total. The molecule has 21 heavy (non-hydrogen) atoms. The van der Waals surface area contributed by atoms with Crippen LogP contribution in [0.5, 0.6) is 11.5 Å². The maximum absolute atomic E-state index is 9.24. The molecule has 3 nitrogen and oxygen atoms in total. The topological polar surface area (TPSA) is 41.5 Å². The fraction of sp³-hybridized carbons (Fsp3) is 0.333. The number of ether oxygens (including phenoxy) is 1. The molecule has 0 unspecified atom stereocenters. The number of nitrogens with one attached hydrogen (secondary N) is 1. The lowest BCUT2D eigenvalue weighted by molar-refractivity contribution is 0.156. The molecule has 2 aromatic carbocycles. The fourth-order valence-corrected chi connectivity index (χ4v) is 1.94. The molecule has 0 aliphatic carbocycles. The maximum atomic E-state index is 9.24. The van der Waals surface area contributed by atoms with Crippen molar-refractivity contribution in [1.29, 1.82) is 0 Å². The molecule has 0 atom stereocenters. The van der Waals surface area contributed by atoms with Gasteiger partial charge < -0.3 is 15.2 Å². The summed E-state index contributed by atoms with van der Waals surface area (Å²) in [5.41, 5.74) is 1.06. The highest BCUT2D eigenvalue weighted by molar-refractivity contribution is 5.33. The van der Waals surface area contributed by atoms with Gasteiger partial charge in [0.2, 0.25) is 0 Å². The Hall–Kier alpha value is -1.84. The van der Waals surface area contributed by atoms with E-state index in [4.69, 9.17) is 4.74 Å². The molecule has 0 radical (unpaired) electrons. The van der Waals surface area contributed by atoms with Crippen LogP contribution in [0.1, 0.15) is 19.4 Å². The van der Waals surface area contributed by atoms with Gasteiger partial charge in [0.15, 0.2) is 0 Å². The number of rotatable bonds is 7. The lowest BCUT2D eigenvalue weighted by atomic mass is 9.95. The Morgan fingerprint density at radius 2 is 1.71 bits per heavy atom. The molecule has 0 spiro atoms. The van der Waals surface area contributed by atoms with Crippen molar-refractivity contribution in [2.24, 2.45) is 5.41 Å². The van der Waals surface area contributed by atoms with Crippen molar-refractivity contribution in [2.75, 3.05) is 13.2 Å². The van der Waals surface area contributed by atoms with Crippen LogP contribution in [0, 0.1) is 5.41 Å². The van der Waals surface area contributed by atoms with E-state index in [0.29, 0.717) is 0 Å². The SMILES string of the molecule is CC(C)(CO)CNCc1cccc(Oc2ccccc2)c1. The van der Waals surface area contributed by atoms with Crippen LogP contribution in [0.4, 0.5) is 0 Å². The molecule has 0 fully saturated rings. The normalized spacial score (nSPS) is 11.4. The summed E-state index contributed by atoms with van der Waals surface area (Å²) >= 11 is 0. The predicted octanol–water partition coefficient (Wildman–Crippen LogP) is 3.59. The summed E-state index contributed by atoms with van der Waals surface area (Å²) in [6, 6.07) is 17.8. The summed E-state index contributed by atoms with van der Waals surface area (Å²) in [5, 5.41) is 12.6. The van der Waals surface area contributed by atoms with Crippen molar-refractivity contribution >= 4 is 0 Å². The molecule has 2 rings (SSSR count). The van der Waals surface area contributed by atoms with Crippen LogP contribution >= 0.6 is 0 Å².